The number of fused-ring (bicyclic) bond motifs is 1. The summed E-state index contributed by atoms with van der Waals surface area (Å²) in [6.45, 7) is 3.55. The number of urea groups is 1. The SMILES string of the molecule is CCN(C(=O)NCCOc1ccc2c(c1)CCC2)c1ccccc1. The zero-order valence-electron chi connectivity index (χ0n) is 14.1. The van der Waals surface area contributed by atoms with Crippen LogP contribution in [-0.4, -0.2) is 25.7 Å². The van der Waals surface area contributed by atoms with Crippen molar-refractivity contribution in [3.8, 4) is 5.75 Å². The first-order valence-electron chi connectivity index (χ1n) is 8.63. The van der Waals surface area contributed by atoms with Crippen LogP contribution in [0.4, 0.5) is 10.5 Å². The smallest absolute Gasteiger partial charge is 0.321 e. The van der Waals surface area contributed by atoms with Gasteiger partial charge in [-0.05, 0) is 61.6 Å². The third-order valence-electron chi connectivity index (χ3n) is 4.35. The van der Waals surface area contributed by atoms with E-state index in [1.807, 2.05) is 43.3 Å². The number of ether oxygens (including phenoxy) is 1. The molecule has 126 valence electrons. The Bertz CT molecular complexity index is 685. The Kier molecular flexibility index (Phi) is 5.36. The molecule has 1 aliphatic rings. The highest BCUT2D eigenvalue weighted by Crippen LogP contribution is 2.25. The number of nitrogens with one attached hydrogen (secondary N) is 1. The Balaban J connectivity index is 1.46. The number of benzene rings is 2. The lowest BCUT2D eigenvalue weighted by atomic mass is 10.1. The molecule has 0 heterocycles. The lowest BCUT2D eigenvalue weighted by Crippen LogP contribution is -2.41. The molecule has 0 bridgehead atoms. The largest absolute Gasteiger partial charge is 0.492 e. The molecule has 1 N–H and O–H groups in total. The van der Waals surface area contributed by atoms with Gasteiger partial charge in [-0.15, -0.1) is 0 Å². The fourth-order valence-corrected chi connectivity index (χ4v) is 3.11. The second-order valence-corrected chi connectivity index (χ2v) is 5.94. The third kappa shape index (κ3) is 3.88. The number of aryl methyl sites for hydroxylation is 2. The zero-order chi connectivity index (χ0) is 16.8. The van der Waals surface area contributed by atoms with E-state index in [4.69, 9.17) is 4.74 Å². The number of anilines is 1. The van der Waals surface area contributed by atoms with E-state index < -0.39 is 0 Å². The van der Waals surface area contributed by atoms with Crippen LogP contribution in [0.15, 0.2) is 48.5 Å². The molecule has 2 aromatic rings. The van der Waals surface area contributed by atoms with Crippen LogP contribution < -0.4 is 15.0 Å². The van der Waals surface area contributed by atoms with Crippen LogP contribution in [0.25, 0.3) is 0 Å². The van der Waals surface area contributed by atoms with Crippen molar-refractivity contribution in [1.82, 2.24) is 5.32 Å². The van der Waals surface area contributed by atoms with Gasteiger partial charge >= 0.3 is 6.03 Å². The molecule has 0 saturated heterocycles. The Morgan fingerprint density at radius 3 is 2.71 bits per heavy atom. The van der Waals surface area contributed by atoms with Gasteiger partial charge in [-0.3, -0.25) is 4.90 Å². The van der Waals surface area contributed by atoms with Gasteiger partial charge in [-0.2, -0.15) is 0 Å². The van der Waals surface area contributed by atoms with Crippen molar-refractivity contribution in [1.29, 1.82) is 0 Å². The number of para-hydroxylation sites is 1. The second-order valence-electron chi connectivity index (χ2n) is 5.94. The van der Waals surface area contributed by atoms with E-state index in [1.165, 1.54) is 24.0 Å². The molecule has 4 heteroatoms. The number of hydrogen-bond donors (Lipinski definition) is 1. The normalized spacial score (nSPS) is 12.5. The Labute approximate surface area is 143 Å². The van der Waals surface area contributed by atoms with E-state index in [0.717, 1.165) is 17.9 Å². The summed E-state index contributed by atoms with van der Waals surface area (Å²) in [6.07, 6.45) is 3.56. The van der Waals surface area contributed by atoms with Gasteiger partial charge in [0.05, 0.1) is 6.54 Å². The lowest BCUT2D eigenvalue weighted by Gasteiger charge is -2.21. The van der Waals surface area contributed by atoms with Gasteiger partial charge < -0.3 is 10.1 Å². The first-order chi connectivity index (χ1) is 11.8. The highest BCUT2D eigenvalue weighted by Gasteiger charge is 2.13. The maximum atomic E-state index is 12.3. The molecule has 2 aromatic carbocycles. The molecule has 4 nitrogen and oxygen atoms in total. The van der Waals surface area contributed by atoms with E-state index >= 15 is 0 Å². The summed E-state index contributed by atoms with van der Waals surface area (Å²) in [5, 5.41) is 2.92. The second kappa shape index (κ2) is 7.86. The van der Waals surface area contributed by atoms with Crippen LogP contribution in [0.3, 0.4) is 0 Å². The first kappa shape index (κ1) is 16.4. The van der Waals surface area contributed by atoms with E-state index in [-0.39, 0.29) is 6.03 Å². The van der Waals surface area contributed by atoms with Crippen molar-refractivity contribution in [2.45, 2.75) is 26.2 Å². The predicted molar refractivity (Wildman–Crippen MR) is 96.8 cm³/mol. The van der Waals surface area contributed by atoms with Crippen molar-refractivity contribution < 1.29 is 9.53 Å². The molecule has 3 rings (SSSR count). The minimum absolute atomic E-state index is 0.0961. The summed E-state index contributed by atoms with van der Waals surface area (Å²) in [4.78, 5) is 14.0. The van der Waals surface area contributed by atoms with Crippen LogP contribution in [-0.2, 0) is 12.8 Å². The minimum atomic E-state index is -0.0961. The average molecular weight is 324 g/mol. The number of hydrogen-bond acceptors (Lipinski definition) is 2. The first-order valence-corrected chi connectivity index (χ1v) is 8.63. The number of rotatable bonds is 6. The molecule has 0 aromatic heterocycles. The number of carbonyl (C=O) groups excluding carboxylic acids is 1. The predicted octanol–water partition coefficient (Wildman–Crippen LogP) is 3.79. The van der Waals surface area contributed by atoms with E-state index in [0.29, 0.717) is 19.7 Å². The molecule has 0 fully saturated rings. The molecule has 0 atom stereocenters. The van der Waals surface area contributed by atoms with Gasteiger partial charge in [0, 0.05) is 12.2 Å². The minimum Gasteiger partial charge on any atom is -0.492 e. The van der Waals surface area contributed by atoms with Gasteiger partial charge in [0.15, 0.2) is 0 Å². The number of nitrogens with zero attached hydrogens (tertiary/aromatic N) is 1. The van der Waals surface area contributed by atoms with Gasteiger partial charge in [0.1, 0.15) is 12.4 Å². The summed E-state index contributed by atoms with van der Waals surface area (Å²) in [7, 11) is 0. The summed E-state index contributed by atoms with van der Waals surface area (Å²) in [5.41, 5.74) is 3.74. The molecule has 2 amide bonds. The molecule has 0 spiro atoms. The lowest BCUT2D eigenvalue weighted by molar-refractivity contribution is 0.242. The van der Waals surface area contributed by atoms with E-state index in [1.54, 1.807) is 4.90 Å². The Hall–Kier alpha value is -2.49. The fraction of sp³-hybridized carbons (Fsp3) is 0.350. The van der Waals surface area contributed by atoms with E-state index in [9.17, 15) is 4.79 Å². The summed E-state index contributed by atoms with van der Waals surface area (Å²) in [6, 6.07) is 15.9. The highest BCUT2D eigenvalue weighted by atomic mass is 16.5. The van der Waals surface area contributed by atoms with Crippen molar-refractivity contribution in [3.05, 3.63) is 59.7 Å². The summed E-state index contributed by atoms with van der Waals surface area (Å²) in [5.74, 6) is 0.889. The molecule has 0 unspecified atom stereocenters. The topological polar surface area (TPSA) is 41.6 Å². The van der Waals surface area contributed by atoms with Crippen molar-refractivity contribution in [2.24, 2.45) is 0 Å². The maximum absolute atomic E-state index is 12.3. The van der Waals surface area contributed by atoms with Crippen LogP contribution >= 0.6 is 0 Å². The molecule has 0 aliphatic heterocycles. The van der Waals surface area contributed by atoms with Crippen LogP contribution in [0, 0.1) is 0 Å². The Morgan fingerprint density at radius 2 is 1.92 bits per heavy atom. The third-order valence-corrected chi connectivity index (χ3v) is 4.35. The molecule has 24 heavy (non-hydrogen) atoms. The molecule has 0 radical (unpaired) electrons. The molecular weight excluding hydrogens is 300 g/mol. The fourth-order valence-electron chi connectivity index (χ4n) is 3.11. The average Bonchev–Trinajstić information content (AvgIpc) is 3.08. The Morgan fingerprint density at radius 1 is 1.12 bits per heavy atom. The highest BCUT2D eigenvalue weighted by molar-refractivity contribution is 5.91. The zero-order valence-corrected chi connectivity index (χ0v) is 14.1. The van der Waals surface area contributed by atoms with Gasteiger partial charge in [-0.1, -0.05) is 24.3 Å². The van der Waals surface area contributed by atoms with Gasteiger partial charge in [0.25, 0.3) is 0 Å². The molecule has 0 saturated carbocycles. The molecular formula is C20H24N2O2. The standard InChI is InChI=1S/C20H24N2O2/c1-2-22(18-9-4-3-5-10-18)20(23)21-13-14-24-19-12-11-16-7-6-8-17(16)15-19/h3-5,9-12,15H,2,6-8,13-14H2,1H3,(H,21,23). The van der Waals surface area contributed by atoms with Crippen molar-refractivity contribution >= 4 is 11.7 Å². The van der Waals surface area contributed by atoms with Crippen LogP contribution in [0.2, 0.25) is 0 Å². The monoisotopic (exact) mass is 324 g/mol. The quantitative estimate of drug-likeness (QED) is 0.821. The molecule has 1 aliphatic carbocycles. The van der Waals surface area contributed by atoms with Crippen LogP contribution in [0.5, 0.6) is 5.75 Å². The summed E-state index contributed by atoms with van der Waals surface area (Å²) >= 11 is 0. The maximum Gasteiger partial charge on any atom is 0.321 e. The van der Waals surface area contributed by atoms with Crippen molar-refractivity contribution in [2.75, 3.05) is 24.6 Å². The summed E-state index contributed by atoms with van der Waals surface area (Å²) < 4.78 is 5.77. The number of amides is 2. The number of carbonyl (C=O) groups is 1. The van der Waals surface area contributed by atoms with Gasteiger partial charge in [-0.25, -0.2) is 4.79 Å². The van der Waals surface area contributed by atoms with E-state index in [2.05, 4.69) is 17.4 Å². The van der Waals surface area contributed by atoms with Crippen LogP contribution in [0.1, 0.15) is 24.5 Å². The van der Waals surface area contributed by atoms with Gasteiger partial charge in [0.2, 0.25) is 0 Å². The van der Waals surface area contributed by atoms with Crippen molar-refractivity contribution in [3.63, 3.8) is 0 Å².